The lowest BCUT2D eigenvalue weighted by Crippen LogP contribution is -2.58. The first kappa shape index (κ1) is 27.5. The molecule has 2 N–H and O–H groups in total. The molecule has 0 aromatic heterocycles. The van der Waals surface area contributed by atoms with Gasteiger partial charge in [-0.2, -0.15) is 0 Å². The number of rotatable bonds is 11. The first-order valence-electron chi connectivity index (χ1n) is 13.2. The van der Waals surface area contributed by atoms with Crippen molar-refractivity contribution in [2.45, 2.75) is 43.9 Å². The Morgan fingerprint density at radius 1 is 0.615 bits per heavy atom. The van der Waals surface area contributed by atoms with E-state index in [-0.39, 0.29) is 6.61 Å². The summed E-state index contributed by atoms with van der Waals surface area (Å²) in [5.41, 5.74) is 9.80. The van der Waals surface area contributed by atoms with Crippen molar-refractivity contribution in [3.63, 3.8) is 0 Å². The first-order chi connectivity index (χ1) is 19.1. The van der Waals surface area contributed by atoms with Crippen LogP contribution in [0.3, 0.4) is 0 Å². The molecule has 4 aromatic carbocycles. The zero-order valence-corrected chi connectivity index (χ0v) is 22.6. The molecular formula is C32H34NO5P. The number of ether oxygens (including phenoxy) is 3. The summed E-state index contributed by atoms with van der Waals surface area (Å²) in [6.45, 7) is 1.20. The molecule has 0 unspecified atom stereocenters. The summed E-state index contributed by atoms with van der Waals surface area (Å²) in [5.74, 6) is -0.922. The maximum Gasteiger partial charge on any atom is 0.251 e. The molecule has 4 aromatic rings. The van der Waals surface area contributed by atoms with Gasteiger partial charge in [0.2, 0.25) is 0 Å². The zero-order valence-electron chi connectivity index (χ0n) is 21.8. The van der Waals surface area contributed by atoms with Gasteiger partial charge >= 0.3 is 0 Å². The zero-order chi connectivity index (χ0) is 26.9. The van der Waals surface area contributed by atoms with Gasteiger partial charge in [0.1, 0.15) is 24.1 Å². The van der Waals surface area contributed by atoms with Gasteiger partial charge in [-0.05, 0) is 28.8 Å². The highest BCUT2D eigenvalue weighted by molar-refractivity contribution is 7.67. The van der Waals surface area contributed by atoms with Crippen molar-refractivity contribution in [1.29, 1.82) is 0 Å². The van der Waals surface area contributed by atoms with Crippen LogP contribution in [0.15, 0.2) is 121 Å². The topological polar surface area (TPSA) is 80.0 Å². The van der Waals surface area contributed by atoms with Crippen molar-refractivity contribution < 1.29 is 23.3 Å². The molecule has 202 valence electrons. The maximum absolute atomic E-state index is 14.5. The summed E-state index contributed by atoms with van der Waals surface area (Å²) in [6.07, 6.45) is -1.96. The third kappa shape index (κ3) is 6.92. The lowest BCUT2D eigenvalue weighted by atomic mass is 10.1. The quantitative estimate of drug-likeness (QED) is 0.246. The van der Waals surface area contributed by atoms with Crippen LogP contribution in [-0.4, -0.2) is 30.7 Å². The van der Waals surface area contributed by atoms with Crippen LogP contribution in [0.2, 0.25) is 0 Å². The largest absolute Gasteiger partial charge is 0.374 e. The predicted molar refractivity (Wildman–Crippen MR) is 153 cm³/mol. The highest BCUT2D eigenvalue weighted by Gasteiger charge is 2.53. The smallest absolute Gasteiger partial charge is 0.251 e. The van der Waals surface area contributed by atoms with Crippen LogP contribution >= 0.6 is 7.37 Å². The van der Waals surface area contributed by atoms with Crippen LogP contribution in [0.1, 0.15) is 16.7 Å². The Labute approximate surface area is 230 Å². The van der Waals surface area contributed by atoms with Crippen molar-refractivity contribution in [1.82, 2.24) is 0 Å². The van der Waals surface area contributed by atoms with E-state index in [4.69, 9.17) is 24.5 Å². The van der Waals surface area contributed by atoms with E-state index in [9.17, 15) is 4.57 Å². The summed E-state index contributed by atoms with van der Waals surface area (Å²) in [6, 6.07) is 38.8. The van der Waals surface area contributed by atoms with Gasteiger partial charge in [-0.15, -0.1) is 0 Å². The molecule has 7 heteroatoms. The fraction of sp³-hybridized carbons (Fsp3) is 0.250. The third-order valence-electron chi connectivity index (χ3n) is 6.79. The van der Waals surface area contributed by atoms with Gasteiger partial charge < -0.3 is 24.5 Å². The van der Waals surface area contributed by atoms with Gasteiger partial charge in [0.25, 0.3) is 7.37 Å². The molecule has 0 aliphatic carbocycles. The van der Waals surface area contributed by atoms with E-state index in [2.05, 4.69) is 0 Å². The number of benzene rings is 4. The van der Waals surface area contributed by atoms with E-state index >= 15 is 0 Å². The number of hydrogen-bond acceptors (Lipinski definition) is 6. The van der Waals surface area contributed by atoms with Crippen molar-refractivity contribution in [2.24, 2.45) is 5.73 Å². The maximum atomic E-state index is 14.5. The summed E-state index contributed by atoms with van der Waals surface area (Å²) < 4.78 is 39.9. The molecular weight excluding hydrogens is 509 g/mol. The van der Waals surface area contributed by atoms with E-state index in [0.29, 0.717) is 25.1 Å². The molecule has 1 aliphatic heterocycles. The molecule has 39 heavy (non-hydrogen) atoms. The van der Waals surface area contributed by atoms with Crippen LogP contribution < -0.4 is 11.0 Å². The van der Waals surface area contributed by atoms with Gasteiger partial charge in [0, 0.05) is 5.30 Å². The molecule has 1 fully saturated rings. The number of nitrogens with two attached hydrogens (primary N) is 1. The molecule has 0 radical (unpaired) electrons. The molecule has 6 nitrogen and oxygen atoms in total. The lowest BCUT2D eigenvalue weighted by Gasteiger charge is -2.45. The Kier molecular flexibility index (Phi) is 9.38. The van der Waals surface area contributed by atoms with Crippen LogP contribution in [0.25, 0.3) is 0 Å². The molecule has 0 amide bonds. The summed E-state index contributed by atoms with van der Waals surface area (Å²) in [4.78, 5) is 0. The highest BCUT2D eigenvalue weighted by Crippen LogP contribution is 2.56. The van der Waals surface area contributed by atoms with E-state index in [1.54, 1.807) is 12.1 Å². The minimum absolute atomic E-state index is 0.170. The van der Waals surface area contributed by atoms with Crippen molar-refractivity contribution in [3.8, 4) is 0 Å². The minimum Gasteiger partial charge on any atom is -0.374 e. The standard InChI is InChI=1S/C32H34NO5P/c33-32-31(37-23-27-17-9-3-10-18-27)30(36-22-26-15-7-2-8-16-26)29(24-35-21-25-13-5-1-6-14-25)38-39(32,34)28-19-11-4-12-20-28/h1-20,29-32H,21-24,33H2/t29-,30-,31+,32+,39+/m1/s1. The summed E-state index contributed by atoms with van der Waals surface area (Å²) in [7, 11) is -3.54. The second-order valence-corrected chi connectivity index (χ2v) is 12.1. The van der Waals surface area contributed by atoms with E-state index in [0.717, 1.165) is 16.7 Å². The number of hydrogen-bond donors (Lipinski definition) is 1. The molecule has 0 bridgehead atoms. The van der Waals surface area contributed by atoms with Crippen molar-refractivity contribution in [2.75, 3.05) is 6.61 Å². The van der Waals surface area contributed by atoms with Gasteiger partial charge in [0.15, 0.2) is 0 Å². The second kappa shape index (κ2) is 13.3. The van der Waals surface area contributed by atoms with Gasteiger partial charge in [-0.3, -0.25) is 4.57 Å². The van der Waals surface area contributed by atoms with E-state index in [1.807, 2.05) is 109 Å². The van der Waals surface area contributed by atoms with Crippen LogP contribution in [0.5, 0.6) is 0 Å². The Morgan fingerprint density at radius 3 is 1.56 bits per heavy atom. The van der Waals surface area contributed by atoms with E-state index in [1.165, 1.54) is 0 Å². The van der Waals surface area contributed by atoms with Crippen molar-refractivity contribution in [3.05, 3.63) is 138 Å². The van der Waals surface area contributed by atoms with E-state index < -0.39 is 31.5 Å². The molecule has 5 atom stereocenters. The molecule has 1 heterocycles. The Balaban J connectivity index is 1.43. The lowest BCUT2D eigenvalue weighted by molar-refractivity contribution is -0.152. The van der Waals surface area contributed by atoms with Gasteiger partial charge in [0.05, 0.1) is 26.4 Å². The normalized spacial score (nSPS) is 24.8. The average Bonchev–Trinajstić information content (AvgIpc) is 2.99. The molecule has 1 saturated heterocycles. The third-order valence-corrected chi connectivity index (χ3v) is 9.47. The molecule has 0 saturated carbocycles. The Bertz CT molecular complexity index is 1320. The Hall–Kier alpha value is -3.09. The van der Waals surface area contributed by atoms with Crippen LogP contribution in [0.4, 0.5) is 0 Å². The first-order valence-corrected chi connectivity index (χ1v) is 14.8. The average molecular weight is 544 g/mol. The fourth-order valence-corrected chi connectivity index (χ4v) is 7.14. The summed E-state index contributed by atoms with van der Waals surface area (Å²) >= 11 is 0. The Morgan fingerprint density at radius 2 is 1.05 bits per heavy atom. The summed E-state index contributed by atoms with van der Waals surface area (Å²) in [5, 5.41) is 0.556. The monoisotopic (exact) mass is 543 g/mol. The van der Waals surface area contributed by atoms with Crippen molar-refractivity contribution >= 4 is 12.7 Å². The second-order valence-electron chi connectivity index (χ2n) is 9.59. The fourth-order valence-electron chi connectivity index (χ4n) is 4.72. The predicted octanol–water partition coefficient (Wildman–Crippen LogP) is 5.66. The molecule has 0 spiro atoms. The van der Waals surface area contributed by atoms with Crippen LogP contribution in [0, 0.1) is 0 Å². The highest BCUT2D eigenvalue weighted by atomic mass is 31.2. The molecule has 1 aliphatic rings. The molecule has 5 rings (SSSR count). The van der Waals surface area contributed by atoms with Crippen LogP contribution in [-0.2, 0) is 43.1 Å². The van der Waals surface area contributed by atoms with Gasteiger partial charge in [-0.1, -0.05) is 109 Å². The SMILES string of the molecule is N[C@@H]1[C@@H](OCc2ccccc2)[C@H](OCc2ccccc2)[C@@H](COCc2ccccc2)O[P@@]1(=O)c1ccccc1. The van der Waals surface area contributed by atoms with Gasteiger partial charge in [-0.25, -0.2) is 0 Å². The minimum atomic E-state index is -3.54.